The maximum absolute atomic E-state index is 12.9. The third kappa shape index (κ3) is 3.29. The lowest BCUT2D eigenvalue weighted by atomic mass is 10.2. The van der Waals surface area contributed by atoms with Gasteiger partial charge in [0.25, 0.3) is 11.5 Å². The first kappa shape index (κ1) is 18.0. The molecule has 3 aromatic heterocycles. The number of nitrogens with one attached hydrogen (secondary N) is 2. The van der Waals surface area contributed by atoms with Crippen molar-refractivity contribution >= 4 is 28.3 Å². The number of benzene rings is 1. The van der Waals surface area contributed by atoms with Gasteiger partial charge in [-0.25, -0.2) is 4.79 Å². The summed E-state index contributed by atoms with van der Waals surface area (Å²) in [6.07, 6.45) is 1.57. The van der Waals surface area contributed by atoms with E-state index in [4.69, 9.17) is 0 Å². The van der Waals surface area contributed by atoms with E-state index in [9.17, 15) is 14.4 Å². The molecule has 0 radical (unpaired) electrons. The molecule has 8 heteroatoms. The number of hydrogen-bond acceptors (Lipinski definition) is 4. The van der Waals surface area contributed by atoms with Crippen LogP contribution in [0.4, 0.5) is 0 Å². The number of H-pyrrole nitrogens is 1. The minimum atomic E-state index is -0.542. The van der Waals surface area contributed by atoms with Crippen molar-refractivity contribution in [1.29, 1.82) is 0 Å². The summed E-state index contributed by atoms with van der Waals surface area (Å²) >= 11 is 1.55. The summed E-state index contributed by atoms with van der Waals surface area (Å²) in [5, 5.41) is 4.76. The lowest BCUT2D eigenvalue weighted by Crippen LogP contribution is -2.36. The molecule has 0 aliphatic heterocycles. The van der Waals surface area contributed by atoms with E-state index in [1.54, 1.807) is 29.1 Å². The molecule has 2 N–H and O–H groups in total. The third-order valence-electron chi connectivity index (χ3n) is 4.54. The van der Waals surface area contributed by atoms with Crippen molar-refractivity contribution in [2.24, 2.45) is 7.05 Å². The molecule has 0 aliphatic rings. The minimum absolute atomic E-state index is 0.163. The predicted octanol–water partition coefficient (Wildman–Crippen LogP) is 2.07. The van der Waals surface area contributed by atoms with Gasteiger partial charge in [0, 0.05) is 18.1 Å². The van der Waals surface area contributed by atoms with Crippen LogP contribution in [0.1, 0.15) is 20.8 Å². The maximum Gasteiger partial charge on any atom is 0.329 e. The first-order chi connectivity index (χ1) is 13.5. The Kier molecular flexibility index (Phi) is 4.70. The van der Waals surface area contributed by atoms with Crippen LogP contribution in [0.25, 0.3) is 11.0 Å². The second kappa shape index (κ2) is 7.32. The van der Waals surface area contributed by atoms with E-state index in [2.05, 4.69) is 10.3 Å². The van der Waals surface area contributed by atoms with Crippen LogP contribution in [0.5, 0.6) is 0 Å². The van der Waals surface area contributed by atoms with Crippen molar-refractivity contribution in [2.75, 3.05) is 0 Å². The van der Waals surface area contributed by atoms with Crippen molar-refractivity contribution < 1.29 is 4.79 Å². The number of carbonyl (C=O) groups is 1. The van der Waals surface area contributed by atoms with Gasteiger partial charge in [0.15, 0.2) is 0 Å². The molecule has 0 atom stereocenters. The van der Waals surface area contributed by atoms with E-state index in [1.165, 1.54) is 0 Å². The second-order valence-corrected chi connectivity index (χ2v) is 7.48. The third-order valence-corrected chi connectivity index (χ3v) is 5.41. The molecule has 28 heavy (non-hydrogen) atoms. The summed E-state index contributed by atoms with van der Waals surface area (Å²) in [7, 11) is 1.69. The van der Waals surface area contributed by atoms with Crippen molar-refractivity contribution in [3.63, 3.8) is 0 Å². The topological polar surface area (TPSA) is 88.9 Å². The fourth-order valence-corrected chi connectivity index (χ4v) is 3.81. The van der Waals surface area contributed by atoms with Crippen molar-refractivity contribution in [3.05, 3.63) is 90.9 Å². The molecule has 142 valence electrons. The Morgan fingerprint density at radius 2 is 1.93 bits per heavy atom. The fraction of sp³-hybridized carbons (Fsp3) is 0.150. The fourth-order valence-electron chi connectivity index (χ4n) is 3.16. The number of nitrogens with zero attached hydrogens (tertiary/aromatic N) is 2. The highest BCUT2D eigenvalue weighted by Gasteiger charge is 2.19. The van der Waals surface area contributed by atoms with Crippen LogP contribution in [0.2, 0.25) is 0 Å². The van der Waals surface area contributed by atoms with Gasteiger partial charge < -0.3 is 14.9 Å². The standard InChI is InChI=1S/C20H18N4O3S/c1-23-12-15(18(25)21-10-14-8-5-9-28-14)16-17(23)19(26)24(20(27)22-16)11-13-6-3-2-4-7-13/h2-9,12H,10-11H2,1H3,(H,21,25)(H,22,27). The van der Waals surface area contributed by atoms with Gasteiger partial charge in [0.1, 0.15) is 5.52 Å². The van der Waals surface area contributed by atoms with E-state index < -0.39 is 11.2 Å². The number of aryl methyl sites for hydroxylation is 1. The van der Waals surface area contributed by atoms with Crippen LogP contribution in [-0.4, -0.2) is 20.0 Å². The van der Waals surface area contributed by atoms with E-state index in [0.29, 0.717) is 6.54 Å². The van der Waals surface area contributed by atoms with Gasteiger partial charge in [-0.05, 0) is 17.0 Å². The van der Waals surface area contributed by atoms with Gasteiger partial charge in [0.05, 0.1) is 24.2 Å². The minimum Gasteiger partial charge on any atom is -0.347 e. The first-order valence-electron chi connectivity index (χ1n) is 8.71. The molecule has 0 unspecified atom stereocenters. The first-order valence-corrected chi connectivity index (χ1v) is 9.59. The number of hydrogen-bond donors (Lipinski definition) is 2. The van der Waals surface area contributed by atoms with E-state index >= 15 is 0 Å². The molecule has 0 fully saturated rings. The lowest BCUT2D eigenvalue weighted by Gasteiger charge is -2.06. The van der Waals surface area contributed by atoms with Crippen LogP contribution in [0.3, 0.4) is 0 Å². The zero-order valence-electron chi connectivity index (χ0n) is 15.1. The summed E-state index contributed by atoms with van der Waals surface area (Å²) in [6.45, 7) is 0.554. The van der Waals surface area contributed by atoms with Crippen molar-refractivity contribution in [3.8, 4) is 0 Å². The second-order valence-electron chi connectivity index (χ2n) is 6.45. The Balaban J connectivity index is 1.72. The number of fused-ring (bicyclic) bond motifs is 1. The van der Waals surface area contributed by atoms with Crippen LogP contribution in [-0.2, 0) is 20.1 Å². The summed E-state index contributed by atoms with van der Waals surface area (Å²) in [6, 6.07) is 13.1. The van der Waals surface area contributed by atoms with Crippen LogP contribution >= 0.6 is 11.3 Å². The summed E-state index contributed by atoms with van der Waals surface area (Å²) < 4.78 is 2.72. The Hall–Kier alpha value is -3.39. The van der Waals surface area contributed by atoms with Gasteiger partial charge >= 0.3 is 5.69 Å². The Labute approximate surface area is 163 Å². The molecule has 0 saturated heterocycles. The quantitative estimate of drug-likeness (QED) is 0.543. The summed E-state index contributed by atoms with van der Waals surface area (Å²) in [4.78, 5) is 41.8. The molecule has 0 bridgehead atoms. The van der Waals surface area contributed by atoms with E-state index in [1.807, 2.05) is 47.8 Å². The Morgan fingerprint density at radius 1 is 1.14 bits per heavy atom. The highest BCUT2D eigenvalue weighted by molar-refractivity contribution is 7.09. The average Bonchev–Trinajstić information content (AvgIpc) is 3.32. The van der Waals surface area contributed by atoms with Gasteiger partial charge in [-0.15, -0.1) is 11.3 Å². The predicted molar refractivity (Wildman–Crippen MR) is 109 cm³/mol. The number of rotatable bonds is 5. The molecule has 4 aromatic rings. The Bertz CT molecular complexity index is 1250. The monoisotopic (exact) mass is 394 g/mol. The van der Waals surface area contributed by atoms with Gasteiger partial charge in [0.2, 0.25) is 0 Å². The highest BCUT2D eigenvalue weighted by atomic mass is 32.1. The zero-order valence-corrected chi connectivity index (χ0v) is 16.0. The number of amides is 1. The number of thiophene rings is 1. The van der Waals surface area contributed by atoms with Crippen LogP contribution < -0.4 is 16.6 Å². The summed E-state index contributed by atoms with van der Waals surface area (Å²) in [5.74, 6) is -0.338. The average molecular weight is 394 g/mol. The lowest BCUT2D eigenvalue weighted by molar-refractivity contribution is 0.0952. The van der Waals surface area contributed by atoms with Crippen molar-refractivity contribution in [1.82, 2.24) is 19.4 Å². The number of aromatic nitrogens is 3. The van der Waals surface area contributed by atoms with E-state index in [0.717, 1.165) is 15.0 Å². The molecule has 4 rings (SSSR count). The van der Waals surface area contributed by atoms with Crippen LogP contribution in [0, 0.1) is 0 Å². The molecule has 0 saturated carbocycles. The molecule has 0 spiro atoms. The molecule has 3 heterocycles. The number of aromatic amines is 1. The number of carbonyl (C=O) groups excluding carboxylic acids is 1. The summed E-state index contributed by atoms with van der Waals surface area (Å²) in [5.41, 5.74) is 0.692. The molecular weight excluding hydrogens is 376 g/mol. The zero-order chi connectivity index (χ0) is 19.7. The van der Waals surface area contributed by atoms with Crippen LogP contribution in [0.15, 0.2) is 63.6 Å². The smallest absolute Gasteiger partial charge is 0.329 e. The highest BCUT2D eigenvalue weighted by Crippen LogP contribution is 2.15. The van der Waals surface area contributed by atoms with Gasteiger partial charge in [-0.2, -0.15) is 0 Å². The molecule has 7 nitrogen and oxygen atoms in total. The van der Waals surface area contributed by atoms with E-state index in [-0.39, 0.29) is 29.0 Å². The molecular formula is C20H18N4O3S. The maximum atomic E-state index is 12.9. The molecule has 0 aliphatic carbocycles. The van der Waals surface area contributed by atoms with Crippen molar-refractivity contribution in [2.45, 2.75) is 13.1 Å². The molecule has 1 amide bonds. The molecule has 1 aromatic carbocycles. The largest absolute Gasteiger partial charge is 0.347 e. The SMILES string of the molecule is Cn1cc(C(=O)NCc2cccs2)c2[nH]c(=O)n(Cc3ccccc3)c(=O)c21. The Morgan fingerprint density at radius 3 is 2.64 bits per heavy atom. The van der Waals surface area contributed by atoms with Gasteiger partial charge in [-0.1, -0.05) is 36.4 Å². The van der Waals surface area contributed by atoms with Gasteiger partial charge in [-0.3, -0.25) is 14.2 Å². The normalized spacial score (nSPS) is 11.0.